The van der Waals surface area contributed by atoms with Crippen molar-refractivity contribution in [3.63, 3.8) is 0 Å². The van der Waals surface area contributed by atoms with Crippen LogP contribution in [0.4, 0.5) is 0 Å². The Morgan fingerprint density at radius 2 is 1.96 bits per heavy atom. The Kier molecular flexibility index (Phi) is 5.34. The largest absolute Gasteiger partial charge is 0.339 e. The van der Waals surface area contributed by atoms with Crippen molar-refractivity contribution in [1.82, 2.24) is 24.6 Å². The molecule has 2 aromatic rings. The van der Waals surface area contributed by atoms with Crippen LogP contribution >= 0.6 is 0 Å². The van der Waals surface area contributed by atoms with Gasteiger partial charge in [0.15, 0.2) is 0 Å². The van der Waals surface area contributed by atoms with Crippen LogP contribution in [0.5, 0.6) is 0 Å². The summed E-state index contributed by atoms with van der Waals surface area (Å²) in [7, 11) is -3.73. The highest BCUT2D eigenvalue weighted by Gasteiger charge is 2.28. The van der Waals surface area contributed by atoms with E-state index in [2.05, 4.69) is 35.8 Å². The van der Waals surface area contributed by atoms with Crippen LogP contribution < -0.4 is 4.72 Å². The summed E-state index contributed by atoms with van der Waals surface area (Å²) in [4.78, 5) is 14.2. The van der Waals surface area contributed by atoms with Gasteiger partial charge in [-0.25, -0.2) is 17.8 Å². The van der Waals surface area contributed by atoms with Gasteiger partial charge in [0.1, 0.15) is 0 Å². The van der Waals surface area contributed by atoms with Gasteiger partial charge in [-0.05, 0) is 29.5 Å². The Morgan fingerprint density at radius 3 is 2.56 bits per heavy atom. The number of hydrogen-bond acceptors (Lipinski definition) is 5. The van der Waals surface area contributed by atoms with E-state index in [0.29, 0.717) is 13.1 Å². The lowest BCUT2D eigenvalue weighted by Crippen LogP contribution is -2.39. The first kappa shape index (κ1) is 19.5. The SMILES string of the molecule is CC(C)(C)c1ccc(S(=O)(=O)NCC(=O)N2CCC(n3ccnn3)C2)cc1. The number of likely N-dealkylation sites (tertiary alicyclic amines) is 1. The van der Waals surface area contributed by atoms with E-state index in [9.17, 15) is 13.2 Å². The average molecular weight is 391 g/mol. The third kappa shape index (κ3) is 4.54. The van der Waals surface area contributed by atoms with Crippen LogP contribution in [-0.2, 0) is 20.2 Å². The summed E-state index contributed by atoms with van der Waals surface area (Å²) in [6.07, 6.45) is 4.14. The van der Waals surface area contributed by atoms with E-state index in [1.807, 2.05) is 0 Å². The average Bonchev–Trinajstić information content (AvgIpc) is 3.30. The summed E-state index contributed by atoms with van der Waals surface area (Å²) in [5.74, 6) is -0.243. The van der Waals surface area contributed by atoms with E-state index in [-0.39, 0.29) is 28.8 Å². The van der Waals surface area contributed by atoms with Crippen LogP contribution in [-0.4, -0.2) is 53.9 Å². The van der Waals surface area contributed by atoms with E-state index in [4.69, 9.17) is 0 Å². The van der Waals surface area contributed by atoms with Crippen LogP contribution in [0, 0.1) is 0 Å². The Hall–Kier alpha value is -2.26. The number of carbonyl (C=O) groups is 1. The second-order valence-corrected chi connectivity index (χ2v) is 9.53. The predicted octanol–water partition coefficient (Wildman–Crippen LogP) is 1.33. The molecule has 1 atom stereocenters. The molecule has 1 amide bonds. The van der Waals surface area contributed by atoms with E-state index >= 15 is 0 Å². The molecule has 1 saturated heterocycles. The number of hydrogen-bond donors (Lipinski definition) is 1. The zero-order chi connectivity index (χ0) is 19.7. The highest BCUT2D eigenvalue weighted by Crippen LogP contribution is 2.23. The first-order valence-electron chi connectivity index (χ1n) is 8.90. The zero-order valence-electron chi connectivity index (χ0n) is 15.8. The molecule has 8 nitrogen and oxygen atoms in total. The molecule has 1 aliphatic rings. The van der Waals surface area contributed by atoms with Crippen LogP contribution in [0.25, 0.3) is 0 Å². The quantitative estimate of drug-likeness (QED) is 0.829. The van der Waals surface area contributed by atoms with Crippen LogP contribution in [0.1, 0.15) is 38.8 Å². The maximum absolute atomic E-state index is 12.5. The topological polar surface area (TPSA) is 97.2 Å². The molecule has 27 heavy (non-hydrogen) atoms. The molecule has 0 bridgehead atoms. The van der Waals surface area contributed by atoms with Crippen molar-refractivity contribution in [3.05, 3.63) is 42.2 Å². The molecule has 1 aromatic heterocycles. The third-order valence-corrected chi connectivity index (χ3v) is 6.19. The fourth-order valence-corrected chi connectivity index (χ4v) is 4.06. The number of sulfonamides is 1. The molecule has 3 rings (SSSR count). The van der Waals surface area contributed by atoms with E-state index in [1.54, 1.807) is 46.2 Å². The van der Waals surface area contributed by atoms with E-state index in [1.165, 1.54) is 0 Å². The molecule has 1 N–H and O–H groups in total. The van der Waals surface area contributed by atoms with Gasteiger partial charge in [0.25, 0.3) is 0 Å². The lowest BCUT2D eigenvalue weighted by atomic mass is 9.87. The van der Waals surface area contributed by atoms with Crippen LogP contribution in [0.2, 0.25) is 0 Å². The van der Waals surface area contributed by atoms with Gasteiger partial charge in [-0.2, -0.15) is 0 Å². The first-order chi connectivity index (χ1) is 12.7. The highest BCUT2D eigenvalue weighted by atomic mass is 32.2. The number of aromatic nitrogens is 3. The number of nitrogens with one attached hydrogen (secondary N) is 1. The van der Waals surface area contributed by atoms with Crippen molar-refractivity contribution in [2.45, 2.75) is 43.5 Å². The van der Waals surface area contributed by atoms with Gasteiger partial charge in [-0.1, -0.05) is 38.1 Å². The number of nitrogens with zero attached hydrogens (tertiary/aromatic N) is 4. The first-order valence-corrected chi connectivity index (χ1v) is 10.4. The minimum absolute atomic E-state index is 0.0535. The van der Waals surface area contributed by atoms with Gasteiger partial charge in [-0.15, -0.1) is 5.10 Å². The van der Waals surface area contributed by atoms with E-state index in [0.717, 1.165) is 12.0 Å². The minimum Gasteiger partial charge on any atom is -0.339 e. The second kappa shape index (κ2) is 7.40. The van der Waals surface area contributed by atoms with Gasteiger partial charge in [0, 0.05) is 19.3 Å². The number of benzene rings is 1. The smallest absolute Gasteiger partial charge is 0.241 e. The lowest BCUT2D eigenvalue weighted by Gasteiger charge is -2.19. The Balaban J connectivity index is 1.58. The van der Waals surface area contributed by atoms with Crippen LogP contribution in [0.15, 0.2) is 41.6 Å². The fraction of sp³-hybridized carbons (Fsp3) is 0.500. The number of carbonyl (C=O) groups excluding carboxylic acids is 1. The molecule has 146 valence electrons. The van der Waals surface area contributed by atoms with Gasteiger partial charge < -0.3 is 4.90 Å². The van der Waals surface area contributed by atoms with Crippen molar-refractivity contribution in [3.8, 4) is 0 Å². The van der Waals surface area contributed by atoms with Crippen molar-refractivity contribution in [1.29, 1.82) is 0 Å². The van der Waals surface area contributed by atoms with Crippen LogP contribution in [0.3, 0.4) is 0 Å². The van der Waals surface area contributed by atoms with E-state index < -0.39 is 10.0 Å². The Labute approximate surface area is 159 Å². The summed E-state index contributed by atoms with van der Waals surface area (Å²) in [5, 5.41) is 7.74. The Bertz CT molecular complexity index is 886. The zero-order valence-corrected chi connectivity index (χ0v) is 16.6. The molecular formula is C18H25N5O3S. The highest BCUT2D eigenvalue weighted by molar-refractivity contribution is 7.89. The molecule has 0 aliphatic carbocycles. The van der Waals surface area contributed by atoms with Crippen molar-refractivity contribution >= 4 is 15.9 Å². The standard InChI is InChI=1S/C18H25N5O3S/c1-18(2,3)14-4-6-16(7-5-14)27(25,26)20-12-17(24)22-10-8-15(13-22)23-11-9-19-21-23/h4-7,9,11,15,20H,8,10,12-13H2,1-3H3. The monoisotopic (exact) mass is 391 g/mol. The van der Waals surface area contributed by atoms with Gasteiger partial charge in [-0.3, -0.25) is 4.79 Å². The molecule has 0 saturated carbocycles. The molecule has 9 heteroatoms. The molecule has 1 aliphatic heterocycles. The molecule has 0 spiro atoms. The summed E-state index contributed by atoms with van der Waals surface area (Å²) in [5.41, 5.74) is 0.996. The summed E-state index contributed by atoms with van der Waals surface area (Å²) >= 11 is 0. The molecule has 1 fully saturated rings. The number of amides is 1. The van der Waals surface area contributed by atoms with Crippen molar-refractivity contribution in [2.75, 3.05) is 19.6 Å². The normalized spacial score (nSPS) is 18.0. The third-order valence-electron chi connectivity index (χ3n) is 4.78. The second-order valence-electron chi connectivity index (χ2n) is 7.76. The fourth-order valence-electron chi connectivity index (χ4n) is 3.08. The summed E-state index contributed by atoms with van der Waals surface area (Å²) in [6, 6.07) is 6.84. The Morgan fingerprint density at radius 1 is 1.26 bits per heavy atom. The number of rotatable bonds is 5. The molecule has 2 heterocycles. The van der Waals surface area contributed by atoms with Crippen molar-refractivity contribution < 1.29 is 13.2 Å². The van der Waals surface area contributed by atoms with Gasteiger partial charge >= 0.3 is 0 Å². The predicted molar refractivity (Wildman–Crippen MR) is 101 cm³/mol. The molecule has 1 unspecified atom stereocenters. The maximum atomic E-state index is 12.5. The summed E-state index contributed by atoms with van der Waals surface area (Å²) in [6.45, 7) is 7.02. The molecule has 1 aromatic carbocycles. The molecule has 0 radical (unpaired) electrons. The lowest BCUT2D eigenvalue weighted by molar-refractivity contribution is -0.129. The molecular weight excluding hydrogens is 366 g/mol. The maximum Gasteiger partial charge on any atom is 0.241 e. The summed E-state index contributed by atoms with van der Waals surface area (Å²) < 4.78 is 29.1. The minimum atomic E-state index is -3.73. The van der Waals surface area contributed by atoms with Gasteiger partial charge in [0.05, 0.1) is 23.7 Å². The van der Waals surface area contributed by atoms with Crippen molar-refractivity contribution in [2.24, 2.45) is 0 Å². The van der Waals surface area contributed by atoms with Gasteiger partial charge in [0.2, 0.25) is 15.9 Å².